The van der Waals surface area contributed by atoms with Crippen LogP contribution in [0.25, 0.3) is 0 Å². The fourth-order valence-electron chi connectivity index (χ4n) is 1.90. The van der Waals surface area contributed by atoms with Gasteiger partial charge in [-0.25, -0.2) is 8.42 Å². The number of sulfonamides is 1. The second-order valence-electron chi connectivity index (χ2n) is 4.00. The van der Waals surface area contributed by atoms with Gasteiger partial charge in [0.2, 0.25) is 10.0 Å². The monoisotopic (exact) mass is 251 g/mol. The minimum Gasteiger partial charge on any atom is -0.468 e. The standard InChI is InChI=1S/C9H17NO5S/c1-15-9(12)8-4-3-7(6-11)5-10(8)16(2,13)14/h7-8,11H,3-6H2,1-2H3. The van der Waals surface area contributed by atoms with E-state index in [1.54, 1.807) is 0 Å². The van der Waals surface area contributed by atoms with Gasteiger partial charge in [0.05, 0.1) is 13.4 Å². The van der Waals surface area contributed by atoms with Crippen LogP contribution in [0.2, 0.25) is 0 Å². The third kappa shape index (κ3) is 2.93. The summed E-state index contributed by atoms with van der Waals surface area (Å²) >= 11 is 0. The van der Waals surface area contributed by atoms with Gasteiger partial charge in [0, 0.05) is 13.2 Å². The molecule has 1 saturated heterocycles. The zero-order chi connectivity index (χ0) is 12.3. The first-order valence-electron chi connectivity index (χ1n) is 5.05. The van der Waals surface area contributed by atoms with Crippen LogP contribution >= 0.6 is 0 Å². The van der Waals surface area contributed by atoms with Gasteiger partial charge in [-0.3, -0.25) is 4.79 Å². The Balaban J connectivity index is 2.89. The predicted molar refractivity (Wildman–Crippen MR) is 57.2 cm³/mol. The lowest BCUT2D eigenvalue weighted by atomic mass is 9.95. The summed E-state index contributed by atoms with van der Waals surface area (Å²) in [4.78, 5) is 11.4. The van der Waals surface area contributed by atoms with E-state index in [-0.39, 0.29) is 19.1 Å². The summed E-state index contributed by atoms with van der Waals surface area (Å²) in [5.41, 5.74) is 0. The summed E-state index contributed by atoms with van der Waals surface area (Å²) in [6.45, 7) is 0.106. The molecule has 1 N–H and O–H groups in total. The van der Waals surface area contributed by atoms with Gasteiger partial charge in [-0.2, -0.15) is 4.31 Å². The summed E-state index contributed by atoms with van der Waals surface area (Å²) in [7, 11) is -2.21. The van der Waals surface area contributed by atoms with Gasteiger partial charge in [-0.05, 0) is 18.8 Å². The minimum atomic E-state index is -3.45. The Morgan fingerprint density at radius 1 is 1.50 bits per heavy atom. The van der Waals surface area contributed by atoms with E-state index in [9.17, 15) is 13.2 Å². The third-order valence-electron chi connectivity index (χ3n) is 2.79. The van der Waals surface area contributed by atoms with E-state index in [1.165, 1.54) is 7.11 Å². The molecule has 0 bridgehead atoms. The number of nitrogens with zero attached hydrogens (tertiary/aromatic N) is 1. The maximum atomic E-state index is 11.5. The average molecular weight is 251 g/mol. The fourth-order valence-corrected chi connectivity index (χ4v) is 3.03. The van der Waals surface area contributed by atoms with E-state index in [4.69, 9.17) is 5.11 Å². The van der Waals surface area contributed by atoms with Crippen LogP contribution < -0.4 is 0 Å². The minimum absolute atomic E-state index is 0.0695. The second-order valence-corrected chi connectivity index (χ2v) is 5.93. The smallest absolute Gasteiger partial charge is 0.324 e. The number of hydrogen-bond acceptors (Lipinski definition) is 5. The van der Waals surface area contributed by atoms with E-state index < -0.39 is 22.0 Å². The van der Waals surface area contributed by atoms with Gasteiger partial charge in [0.1, 0.15) is 6.04 Å². The van der Waals surface area contributed by atoms with Crippen molar-refractivity contribution in [3.05, 3.63) is 0 Å². The molecule has 0 radical (unpaired) electrons. The highest BCUT2D eigenvalue weighted by Crippen LogP contribution is 2.24. The predicted octanol–water partition coefficient (Wildman–Crippen LogP) is -0.808. The van der Waals surface area contributed by atoms with Crippen LogP contribution in [0.4, 0.5) is 0 Å². The number of methoxy groups -OCH3 is 1. The SMILES string of the molecule is COC(=O)C1CCC(CO)CN1S(C)(=O)=O. The molecular weight excluding hydrogens is 234 g/mol. The van der Waals surface area contributed by atoms with Crippen LogP contribution in [0.5, 0.6) is 0 Å². The van der Waals surface area contributed by atoms with Crippen LogP contribution in [0.1, 0.15) is 12.8 Å². The topological polar surface area (TPSA) is 83.9 Å². The van der Waals surface area contributed by atoms with Gasteiger partial charge < -0.3 is 9.84 Å². The molecule has 2 atom stereocenters. The molecule has 1 fully saturated rings. The number of carbonyl (C=O) groups excluding carboxylic acids is 1. The number of aliphatic hydroxyl groups excluding tert-OH is 1. The summed E-state index contributed by atoms with van der Waals surface area (Å²) < 4.78 is 28.7. The zero-order valence-corrected chi connectivity index (χ0v) is 10.2. The van der Waals surface area contributed by atoms with Gasteiger partial charge in [-0.1, -0.05) is 0 Å². The van der Waals surface area contributed by atoms with Crippen LogP contribution in [0, 0.1) is 5.92 Å². The van der Waals surface area contributed by atoms with Crippen LogP contribution in [-0.4, -0.2) is 56.4 Å². The number of aliphatic hydroxyl groups is 1. The van der Waals surface area contributed by atoms with Crippen molar-refractivity contribution in [2.75, 3.05) is 26.5 Å². The van der Waals surface area contributed by atoms with Crippen molar-refractivity contribution in [2.24, 2.45) is 5.92 Å². The molecule has 0 amide bonds. The highest BCUT2D eigenvalue weighted by molar-refractivity contribution is 7.88. The van der Waals surface area contributed by atoms with Crippen molar-refractivity contribution < 1.29 is 23.1 Å². The summed E-state index contributed by atoms with van der Waals surface area (Å²) in [5.74, 6) is -0.641. The Kier molecular flexibility index (Phi) is 4.28. The quantitative estimate of drug-likeness (QED) is 0.663. The number of hydrogen-bond donors (Lipinski definition) is 1. The average Bonchev–Trinajstić information content (AvgIpc) is 2.26. The lowest BCUT2D eigenvalue weighted by Gasteiger charge is -2.35. The Morgan fingerprint density at radius 3 is 2.56 bits per heavy atom. The first-order valence-corrected chi connectivity index (χ1v) is 6.90. The molecule has 0 aliphatic carbocycles. The summed E-state index contributed by atoms with van der Waals surface area (Å²) in [6, 6.07) is -0.747. The van der Waals surface area contributed by atoms with Crippen LogP contribution in [-0.2, 0) is 19.6 Å². The molecular formula is C9H17NO5S. The second kappa shape index (κ2) is 5.11. The Labute approximate surface area is 95.2 Å². The molecule has 1 aliphatic rings. The van der Waals surface area contributed by atoms with Gasteiger partial charge in [0.15, 0.2) is 0 Å². The molecule has 1 heterocycles. The Hall–Kier alpha value is -0.660. The van der Waals surface area contributed by atoms with Crippen LogP contribution in [0.15, 0.2) is 0 Å². The zero-order valence-electron chi connectivity index (χ0n) is 9.42. The largest absolute Gasteiger partial charge is 0.468 e. The molecule has 0 aromatic carbocycles. The van der Waals surface area contributed by atoms with Gasteiger partial charge in [-0.15, -0.1) is 0 Å². The molecule has 7 heteroatoms. The van der Waals surface area contributed by atoms with Crippen molar-refractivity contribution in [1.29, 1.82) is 0 Å². The summed E-state index contributed by atoms with van der Waals surface area (Å²) in [5, 5.41) is 9.02. The van der Waals surface area contributed by atoms with Crippen molar-refractivity contribution in [1.82, 2.24) is 4.31 Å². The number of piperidine rings is 1. The molecule has 0 saturated carbocycles. The first kappa shape index (κ1) is 13.4. The molecule has 1 aliphatic heterocycles. The number of esters is 1. The Morgan fingerprint density at radius 2 is 2.12 bits per heavy atom. The Bertz CT molecular complexity index is 353. The summed E-state index contributed by atoms with van der Waals surface area (Å²) in [6.07, 6.45) is 2.08. The normalized spacial score (nSPS) is 27.7. The molecule has 0 spiro atoms. The maximum Gasteiger partial charge on any atom is 0.324 e. The highest BCUT2D eigenvalue weighted by Gasteiger charge is 2.38. The molecule has 0 aromatic heterocycles. The van der Waals surface area contributed by atoms with Gasteiger partial charge in [0.25, 0.3) is 0 Å². The lowest BCUT2D eigenvalue weighted by Crippen LogP contribution is -2.51. The maximum absolute atomic E-state index is 11.5. The number of rotatable bonds is 3. The molecule has 6 nitrogen and oxygen atoms in total. The lowest BCUT2D eigenvalue weighted by molar-refractivity contribution is -0.146. The third-order valence-corrected chi connectivity index (χ3v) is 4.05. The molecule has 1 rings (SSSR count). The molecule has 0 aromatic rings. The van der Waals surface area contributed by atoms with Crippen molar-refractivity contribution in [3.63, 3.8) is 0 Å². The first-order chi connectivity index (χ1) is 7.40. The van der Waals surface area contributed by atoms with Crippen molar-refractivity contribution in [2.45, 2.75) is 18.9 Å². The number of ether oxygens (including phenoxy) is 1. The van der Waals surface area contributed by atoms with E-state index in [2.05, 4.69) is 4.74 Å². The van der Waals surface area contributed by atoms with Gasteiger partial charge >= 0.3 is 5.97 Å². The van der Waals surface area contributed by atoms with Crippen molar-refractivity contribution in [3.8, 4) is 0 Å². The van der Waals surface area contributed by atoms with E-state index in [0.717, 1.165) is 10.6 Å². The van der Waals surface area contributed by atoms with Crippen molar-refractivity contribution >= 4 is 16.0 Å². The molecule has 94 valence electrons. The fraction of sp³-hybridized carbons (Fsp3) is 0.889. The molecule has 16 heavy (non-hydrogen) atoms. The highest BCUT2D eigenvalue weighted by atomic mass is 32.2. The van der Waals surface area contributed by atoms with Crippen LogP contribution in [0.3, 0.4) is 0 Å². The molecule has 2 unspecified atom stereocenters. The van der Waals surface area contributed by atoms with E-state index >= 15 is 0 Å². The number of carbonyl (C=O) groups is 1. The van der Waals surface area contributed by atoms with E-state index in [0.29, 0.717) is 12.8 Å². The van der Waals surface area contributed by atoms with E-state index in [1.807, 2.05) is 0 Å².